The number of hydrogen-bond donors (Lipinski definition) is 2. The molecule has 1 amide bonds. The average Bonchev–Trinajstić information content (AvgIpc) is 2.38. The summed E-state index contributed by atoms with van der Waals surface area (Å²) in [6.07, 6.45) is 0. The summed E-state index contributed by atoms with van der Waals surface area (Å²) >= 11 is 1.99. The number of anilines is 2. The van der Waals surface area contributed by atoms with Gasteiger partial charge in [0.2, 0.25) is 0 Å². The van der Waals surface area contributed by atoms with Gasteiger partial charge in [-0.1, -0.05) is 6.92 Å². The molecule has 19 heavy (non-hydrogen) atoms. The first kappa shape index (κ1) is 14.1. The summed E-state index contributed by atoms with van der Waals surface area (Å²) in [5.41, 5.74) is 8.46. The highest BCUT2D eigenvalue weighted by Gasteiger charge is 2.19. The third kappa shape index (κ3) is 3.35. The Balaban J connectivity index is 2.17. The molecule has 4 nitrogen and oxygen atoms in total. The fourth-order valence-corrected chi connectivity index (χ4v) is 3.30. The van der Waals surface area contributed by atoms with Crippen LogP contribution < -0.4 is 16.0 Å². The average molecular weight is 279 g/mol. The highest BCUT2D eigenvalue weighted by molar-refractivity contribution is 8.00. The van der Waals surface area contributed by atoms with Crippen LogP contribution in [0.3, 0.4) is 0 Å². The predicted octanol–water partition coefficient (Wildman–Crippen LogP) is 1.96. The van der Waals surface area contributed by atoms with Gasteiger partial charge in [0.05, 0.1) is 11.4 Å². The van der Waals surface area contributed by atoms with Crippen molar-refractivity contribution in [2.24, 2.45) is 0 Å². The van der Waals surface area contributed by atoms with Crippen molar-refractivity contribution < 1.29 is 4.79 Å². The normalized spacial score (nSPS) is 19.3. The number of nitrogens with zero attached hydrogens (tertiary/aromatic N) is 1. The van der Waals surface area contributed by atoms with E-state index in [9.17, 15) is 4.79 Å². The van der Waals surface area contributed by atoms with Gasteiger partial charge in [0.15, 0.2) is 0 Å². The second kappa shape index (κ2) is 6.19. The Morgan fingerprint density at radius 3 is 3.00 bits per heavy atom. The fourth-order valence-electron chi connectivity index (χ4n) is 2.28. The largest absolute Gasteiger partial charge is 0.397 e. The van der Waals surface area contributed by atoms with Crippen LogP contribution in [0, 0.1) is 0 Å². The molecule has 1 aliphatic rings. The molecule has 5 heteroatoms. The monoisotopic (exact) mass is 279 g/mol. The highest BCUT2D eigenvalue weighted by atomic mass is 32.2. The maximum Gasteiger partial charge on any atom is 0.251 e. The van der Waals surface area contributed by atoms with Crippen molar-refractivity contribution in [3.05, 3.63) is 23.8 Å². The first-order chi connectivity index (χ1) is 9.11. The summed E-state index contributed by atoms with van der Waals surface area (Å²) in [6.45, 7) is 6.79. The van der Waals surface area contributed by atoms with Crippen LogP contribution in [0.1, 0.15) is 24.2 Å². The SMILES string of the molecule is CCNC(=O)c1ccc(N2CCSC(C)C2)c(N)c1. The lowest BCUT2D eigenvalue weighted by Gasteiger charge is -2.33. The van der Waals surface area contributed by atoms with Crippen molar-refractivity contribution in [2.45, 2.75) is 19.1 Å². The zero-order valence-corrected chi connectivity index (χ0v) is 12.3. The van der Waals surface area contributed by atoms with E-state index in [4.69, 9.17) is 5.73 Å². The lowest BCUT2D eigenvalue weighted by atomic mass is 10.1. The van der Waals surface area contributed by atoms with Crippen LogP contribution in [0.15, 0.2) is 18.2 Å². The quantitative estimate of drug-likeness (QED) is 0.831. The zero-order chi connectivity index (χ0) is 13.8. The number of carbonyl (C=O) groups excluding carboxylic acids is 1. The molecule has 2 rings (SSSR count). The molecular formula is C14H21N3OS. The van der Waals surface area contributed by atoms with Gasteiger partial charge in [-0.2, -0.15) is 11.8 Å². The number of nitrogen functional groups attached to an aromatic ring is 1. The van der Waals surface area contributed by atoms with Gasteiger partial charge in [-0.25, -0.2) is 0 Å². The van der Waals surface area contributed by atoms with Crippen LogP contribution >= 0.6 is 11.8 Å². The zero-order valence-electron chi connectivity index (χ0n) is 11.5. The summed E-state index contributed by atoms with van der Waals surface area (Å²) in [4.78, 5) is 14.1. The first-order valence-corrected chi connectivity index (χ1v) is 7.71. The van der Waals surface area contributed by atoms with E-state index in [0.29, 0.717) is 23.0 Å². The van der Waals surface area contributed by atoms with Crippen molar-refractivity contribution >= 4 is 29.0 Å². The van der Waals surface area contributed by atoms with Crippen molar-refractivity contribution in [1.82, 2.24) is 5.32 Å². The van der Waals surface area contributed by atoms with Crippen molar-refractivity contribution in [3.8, 4) is 0 Å². The number of carbonyl (C=O) groups is 1. The number of nitrogens with two attached hydrogens (primary N) is 1. The molecule has 1 heterocycles. The van der Waals surface area contributed by atoms with Gasteiger partial charge >= 0.3 is 0 Å². The number of thioether (sulfide) groups is 1. The molecule has 0 saturated carbocycles. The minimum Gasteiger partial charge on any atom is -0.397 e. The Labute approximate surface area is 118 Å². The fraction of sp³-hybridized carbons (Fsp3) is 0.500. The van der Waals surface area contributed by atoms with Gasteiger partial charge in [0.1, 0.15) is 0 Å². The molecular weight excluding hydrogens is 258 g/mol. The standard InChI is InChI=1S/C14H21N3OS/c1-3-16-14(18)11-4-5-13(12(15)8-11)17-6-7-19-10(2)9-17/h4-5,8,10H,3,6-7,9,15H2,1-2H3,(H,16,18). The smallest absolute Gasteiger partial charge is 0.251 e. The molecule has 3 N–H and O–H groups in total. The minimum atomic E-state index is -0.0664. The number of rotatable bonds is 3. The van der Waals surface area contributed by atoms with Crippen LogP contribution in [0.4, 0.5) is 11.4 Å². The van der Waals surface area contributed by atoms with E-state index in [2.05, 4.69) is 17.1 Å². The molecule has 1 aliphatic heterocycles. The molecule has 104 valence electrons. The number of amides is 1. The lowest BCUT2D eigenvalue weighted by molar-refractivity contribution is 0.0956. The first-order valence-electron chi connectivity index (χ1n) is 6.66. The van der Waals surface area contributed by atoms with E-state index in [0.717, 1.165) is 24.5 Å². The Kier molecular flexibility index (Phi) is 4.58. The summed E-state index contributed by atoms with van der Waals surface area (Å²) in [5.74, 6) is 1.06. The maximum atomic E-state index is 11.8. The molecule has 0 aromatic heterocycles. The third-order valence-electron chi connectivity index (χ3n) is 3.21. The molecule has 1 unspecified atom stereocenters. The molecule has 0 spiro atoms. The molecule has 1 aromatic rings. The van der Waals surface area contributed by atoms with Crippen LogP contribution in [-0.4, -0.2) is 36.5 Å². The molecule has 0 radical (unpaired) electrons. The predicted molar refractivity (Wildman–Crippen MR) is 83.0 cm³/mol. The topological polar surface area (TPSA) is 58.4 Å². The summed E-state index contributed by atoms with van der Waals surface area (Å²) in [5, 5.41) is 3.41. The number of benzene rings is 1. The van der Waals surface area contributed by atoms with Crippen LogP contribution in [0.2, 0.25) is 0 Å². The van der Waals surface area contributed by atoms with E-state index in [1.165, 1.54) is 0 Å². The number of nitrogens with one attached hydrogen (secondary N) is 1. The molecule has 1 saturated heterocycles. The van der Waals surface area contributed by atoms with Gasteiger partial charge in [-0.05, 0) is 25.1 Å². The van der Waals surface area contributed by atoms with Gasteiger partial charge in [0, 0.05) is 36.2 Å². The van der Waals surface area contributed by atoms with E-state index in [-0.39, 0.29) is 5.91 Å². The van der Waals surface area contributed by atoms with Crippen LogP contribution in [0.5, 0.6) is 0 Å². The Morgan fingerprint density at radius 2 is 2.37 bits per heavy atom. The number of hydrogen-bond acceptors (Lipinski definition) is 4. The highest BCUT2D eigenvalue weighted by Crippen LogP contribution is 2.29. The Bertz CT molecular complexity index is 464. The molecule has 0 aliphatic carbocycles. The molecule has 0 bridgehead atoms. The van der Waals surface area contributed by atoms with Crippen molar-refractivity contribution in [3.63, 3.8) is 0 Å². The van der Waals surface area contributed by atoms with Crippen molar-refractivity contribution in [1.29, 1.82) is 0 Å². The summed E-state index contributed by atoms with van der Waals surface area (Å²) in [6, 6.07) is 5.58. The van der Waals surface area contributed by atoms with Gasteiger partial charge < -0.3 is 16.0 Å². The lowest BCUT2D eigenvalue weighted by Crippen LogP contribution is -2.37. The van der Waals surface area contributed by atoms with Gasteiger partial charge in [-0.15, -0.1) is 0 Å². The molecule has 1 fully saturated rings. The summed E-state index contributed by atoms with van der Waals surface area (Å²) < 4.78 is 0. The second-order valence-corrected chi connectivity index (χ2v) is 6.31. The Hall–Kier alpha value is -1.36. The second-order valence-electron chi connectivity index (χ2n) is 4.76. The van der Waals surface area contributed by atoms with Gasteiger partial charge in [0.25, 0.3) is 5.91 Å². The van der Waals surface area contributed by atoms with Crippen molar-refractivity contribution in [2.75, 3.05) is 36.0 Å². The third-order valence-corrected chi connectivity index (χ3v) is 4.35. The van der Waals surface area contributed by atoms with Crippen LogP contribution in [-0.2, 0) is 0 Å². The van der Waals surface area contributed by atoms with Gasteiger partial charge in [-0.3, -0.25) is 4.79 Å². The van der Waals surface area contributed by atoms with E-state index >= 15 is 0 Å². The molecule has 1 aromatic carbocycles. The minimum absolute atomic E-state index is 0.0664. The van der Waals surface area contributed by atoms with E-state index in [1.807, 2.05) is 30.8 Å². The van der Waals surface area contributed by atoms with E-state index in [1.54, 1.807) is 6.07 Å². The molecule has 1 atom stereocenters. The van der Waals surface area contributed by atoms with E-state index < -0.39 is 0 Å². The van der Waals surface area contributed by atoms with Crippen LogP contribution in [0.25, 0.3) is 0 Å². The maximum absolute atomic E-state index is 11.8. The Morgan fingerprint density at radius 1 is 1.58 bits per heavy atom. The summed E-state index contributed by atoms with van der Waals surface area (Å²) in [7, 11) is 0.